The molecule has 36 heteroatoms. The third-order valence-electron chi connectivity index (χ3n) is 18.4. The zero-order chi connectivity index (χ0) is 82.2. The second-order valence-electron chi connectivity index (χ2n) is 24.4. The van der Waals surface area contributed by atoms with E-state index in [0.29, 0.717) is 22.3 Å². The first-order chi connectivity index (χ1) is 50.6. The van der Waals surface area contributed by atoms with Crippen LogP contribution in [0.5, 0.6) is 0 Å². The van der Waals surface area contributed by atoms with Gasteiger partial charge in [0.15, 0.2) is 17.2 Å². The molecule has 0 aliphatic heterocycles. The van der Waals surface area contributed by atoms with Crippen molar-refractivity contribution in [3.63, 3.8) is 0 Å². The van der Waals surface area contributed by atoms with E-state index < -0.39 is 41.1 Å². The summed E-state index contributed by atoms with van der Waals surface area (Å²) in [5.41, 5.74) is 34.6. The van der Waals surface area contributed by atoms with Crippen LogP contribution in [0, 0.1) is 138 Å². The number of alkyl halides is 12. The van der Waals surface area contributed by atoms with Crippen molar-refractivity contribution in [2.75, 3.05) is 0 Å². The average molecular weight is 2770 g/mol. The fourth-order valence-electron chi connectivity index (χ4n) is 9.97. The van der Waals surface area contributed by atoms with Crippen LogP contribution in [-0.2, 0) is 126 Å². The Morgan fingerprint density at radius 1 is 0.242 bits per heavy atom. The molecule has 0 radical (unpaired) electrons. The van der Waals surface area contributed by atoms with Crippen molar-refractivity contribution in [3.05, 3.63) is 302 Å². The maximum Gasteiger partial charge on any atom is 3.00 e. The molecule has 0 saturated carbocycles. The summed E-state index contributed by atoms with van der Waals surface area (Å²) in [7, 11) is 0. The first-order valence-electron chi connectivity index (χ1n) is 33.5. The molecular weight excluding hydrogens is 2670 g/mol. The minimum atomic E-state index is -0.750. The molecule has 6 aromatic carbocycles. The fraction of sp³-hybridized carbons (Fsp3) is 0.333. The molecule has 4 heterocycles. The van der Waals surface area contributed by atoms with E-state index in [1.807, 2.05) is 48.5 Å². The predicted molar refractivity (Wildman–Crippen MR) is 455 cm³/mol. The number of aromatic nitrogens is 4. The minimum absolute atomic E-state index is 0. The summed E-state index contributed by atoms with van der Waals surface area (Å²) >= 11 is 57.7. The second kappa shape index (κ2) is 78.7. The van der Waals surface area contributed by atoms with Crippen molar-refractivity contribution in [2.45, 2.75) is 182 Å². The maximum atomic E-state index is 11.9. The molecule has 0 amide bonds. The van der Waals surface area contributed by atoms with Crippen molar-refractivity contribution in [3.8, 4) is 0 Å². The number of esters is 4. The van der Waals surface area contributed by atoms with Crippen molar-refractivity contribution >= 4 is 163 Å². The van der Waals surface area contributed by atoms with Gasteiger partial charge in [0.25, 0.3) is 0 Å². The number of hydrogen-bond acceptors (Lipinski definition) is 12. The third kappa shape index (κ3) is 56.2. The topological polar surface area (TPSA) is 157 Å². The van der Waals surface area contributed by atoms with E-state index in [1.165, 1.54) is 111 Å². The van der Waals surface area contributed by atoms with Crippen LogP contribution >= 0.6 is 139 Å². The van der Waals surface area contributed by atoms with Crippen molar-refractivity contribution < 1.29 is 218 Å². The molecule has 120 heavy (non-hydrogen) atoms. The smallest absolute Gasteiger partial charge is 1.00 e. The maximum absolute atomic E-state index is 11.9. The number of halogens is 20. The molecule has 4 aromatic heterocycles. The van der Waals surface area contributed by atoms with Crippen LogP contribution in [0.1, 0.15) is 175 Å². The number of benzene rings is 2. The molecule has 0 aliphatic rings. The van der Waals surface area contributed by atoms with Gasteiger partial charge in [-0.2, -0.15) is 111 Å². The Kier molecular flexibility index (Phi) is 94.8. The zero-order valence-corrected chi connectivity index (χ0v) is 93.6. The third-order valence-corrected chi connectivity index (χ3v) is 18.4. The number of ether oxygens (including phenoxy) is 4. The Bertz CT molecular complexity index is 3460. The fourth-order valence-corrected chi connectivity index (χ4v) is 9.97. The SMILES string of the molecule is Cc1c(C)c(C)[c-](C)c1C.Cc1c(C)c(C)[c-](C)c1C.Cc1c(C)c(C)[c-](C)c1C.Cc1c(C)c(C)[c-](C)c1C.ClC(Cl)Cl.ClC(Cl)Cl.ClC(Cl)Cl.ClC(Cl)Cl.O=C(OCc1ccc(COC(=O)c2ccncc2)cc1)c1ccncc1.O=C(OCc1ccc(COC(=O)c2ccncc2)cc1)c1ccncc1.[Cl-].[Cl-].[Cl-].[Cl-].[Cl-].[Cl-].[Cl-].[Cl-].[Ir+3].[Ir+3].[Ir+3].[Ir+3]. The van der Waals surface area contributed by atoms with E-state index in [9.17, 15) is 19.2 Å². The van der Waals surface area contributed by atoms with Gasteiger partial charge in [-0.15, -0.1) is 0 Å². The van der Waals surface area contributed by atoms with Crippen LogP contribution in [0.25, 0.3) is 0 Å². The normalized spacial score (nSPS) is 9.10. The van der Waals surface area contributed by atoms with Gasteiger partial charge in [0.1, 0.15) is 26.4 Å². The summed E-state index contributed by atoms with van der Waals surface area (Å²) in [6.07, 6.45) is 12.3. The van der Waals surface area contributed by atoms with Crippen LogP contribution in [0.2, 0.25) is 0 Å². The van der Waals surface area contributed by atoms with Crippen LogP contribution in [0.4, 0.5) is 0 Å². The predicted octanol–water partition coefficient (Wildman–Crippen LogP) is 2.14. The number of nitrogens with zero attached hydrogens (tertiary/aromatic N) is 4. The van der Waals surface area contributed by atoms with Gasteiger partial charge >= 0.3 is 104 Å². The molecule has 0 unspecified atom stereocenters. The standard InChI is InChI=1S/2C20H16N2O4.4C10H15.4CHCl3.8ClH.4Ir/c2*23-19(17-5-9-21-10-6-17)25-13-15-1-2-16(4-3-15)14-26-20(24)18-7-11-22-12-8-18;4*1-6-7(2)9(4)10(5)8(6)3;4*2-1(3)4;;;;;;;;;;;;/h2*1-12H,13-14H2;4*1-5H3;4*1H;8*1H;;;;/q;;4*-1;;;;;;;;;;;;;4*+3/p-8. The zero-order valence-electron chi connectivity index (χ0n) is 68.9. The summed E-state index contributed by atoms with van der Waals surface area (Å²) in [5, 5.41) is 0. The van der Waals surface area contributed by atoms with Crippen molar-refractivity contribution in [1.29, 1.82) is 0 Å². The van der Waals surface area contributed by atoms with Crippen molar-refractivity contribution in [2.24, 2.45) is 0 Å². The molecule has 10 aromatic rings. The van der Waals surface area contributed by atoms with Crippen molar-refractivity contribution in [1.82, 2.24) is 19.9 Å². The van der Waals surface area contributed by atoms with Gasteiger partial charge in [-0.05, 0) is 70.8 Å². The summed E-state index contributed by atoms with van der Waals surface area (Å²) in [6.45, 7) is 44.6. The number of hydrogen-bond donors (Lipinski definition) is 0. The van der Waals surface area contributed by atoms with E-state index >= 15 is 0 Å². The Morgan fingerprint density at radius 3 is 0.425 bits per heavy atom. The van der Waals surface area contributed by atoms with Crippen LogP contribution in [0.15, 0.2) is 147 Å². The second-order valence-corrected chi connectivity index (χ2v) is 32.3. The van der Waals surface area contributed by atoms with E-state index in [2.05, 4.69) is 158 Å². The molecule has 12 nitrogen and oxygen atoms in total. The Hall–Kier alpha value is -1.28. The van der Waals surface area contributed by atoms with Gasteiger partial charge in [-0.1, -0.05) is 326 Å². The molecule has 0 spiro atoms. The van der Waals surface area contributed by atoms with Gasteiger partial charge in [0, 0.05) is 49.6 Å². The molecule has 0 atom stereocenters. The Labute approximate surface area is 874 Å². The summed E-state index contributed by atoms with van der Waals surface area (Å²) in [5.74, 6) is -1.60. The molecule has 0 aliphatic carbocycles. The summed E-state index contributed by atoms with van der Waals surface area (Å²) < 4.78 is 18.0. The number of carbonyl (C=O) groups is 4. The van der Waals surface area contributed by atoms with Crippen LogP contribution in [-0.4, -0.2) is 61.0 Å². The van der Waals surface area contributed by atoms with E-state index in [-0.39, 0.29) is 206 Å². The Balaban J connectivity index is -0.000000115. The van der Waals surface area contributed by atoms with Gasteiger partial charge in [-0.25, -0.2) is 19.2 Å². The van der Waals surface area contributed by atoms with Gasteiger partial charge in [0.2, 0.25) is 0 Å². The first-order valence-corrected chi connectivity index (χ1v) is 38.7. The van der Waals surface area contributed by atoms with E-state index in [0.717, 1.165) is 22.3 Å². The van der Waals surface area contributed by atoms with Crippen LogP contribution in [0.3, 0.4) is 0 Å². The van der Waals surface area contributed by atoms with Crippen LogP contribution < -0.4 is 99.3 Å². The molecule has 0 bridgehead atoms. The molecule has 0 fully saturated rings. The van der Waals surface area contributed by atoms with E-state index in [1.54, 1.807) is 98.1 Å². The summed E-state index contributed by atoms with van der Waals surface area (Å²) in [4.78, 5) is 63.0. The molecule has 0 N–H and O–H groups in total. The largest absolute Gasteiger partial charge is 3.00 e. The average Bonchev–Trinajstić information content (AvgIpc) is 1.70. The number of pyridine rings is 4. The number of rotatable bonds is 12. The first kappa shape index (κ1) is 144. The van der Waals surface area contributed by atoms with Gasteiger partial charge < -0.3 is 118 Å². The quantitative estimate of drug-likeness (QED) is 0.0762. The van der Waals surface area contributed by atoms with Gasteiger partial charge in [-0.3, -0.25) is 19.9 Å². The number of carbonyl (C=O) groups excluding carboxylic acids is 4. The van der Waals surface area contributed by atoms with E-state index in [4.69, 9.17) is 158 Å². The molecule has 676 valence electrons. The molecule has 10 rings (SSSR count). The summed E-state index contributed by atoms with van der Waals surface area (Å²) in [6, 6.07) is 27.4. The monoisotopic (exact) mass is 2760 g/mol. The molecular formula is C84H96Cl20Ir4N4O8. The van der Waals surface area contributed by atoms with Gasteiger partial charge in [0.05, 0.1) is 22.3 Å². The Morgan fingerprint density at radius 2 is 0.342 bits per heavy atom. The molecule has 0 saturated heterocycles. The minimum Gasteiger partial charge on any atom is -1.00 e.